The van der Waals surface area contributed by atoms with Crippen molar-refractivity contribution >= 4 is 67.0 Å². The Morgan fingerprint density at radius 2 is 1.25 bits per heavy atom. The number of pyridine rings is 1. The van der Waals surface area contributed by atoms with Crippen molar-refractivity contribution in [2.75, 3.05) is 19.0 Å². The number of hydrogen-bond acceptors (Lipinski definition) is 3. The Hall–Kier alpha value is -7.39. The van der Waals surface area contributed by atoms with Crippen molar-refractivity contribution in [3.63, 3.8) is 0 Å². The Balaban J connectivity index is 0.00000445. The van der Waals surface area contributed by atoms with E-state index in [-0.39, 0.29) is 20.4 Å². The standard InChI is InChI=1S/C54H37N5O.Pd/c1-56(2)40-31-32-55-52(34-40)59-49-26-12-11-23-47(49)48-29-28-43(35-51(48)59)60-42-21-13-20-41(33-42)57-36-58(54-46-22-10-9-19-39(46)27-30-50(54)57)53-44(37-15-5-3-6-16-37)24-14-25-45(53)38-17-7-4-8-18-38;/h3-32,34H,1-2H3;/q;+2. The third-order valence-electron chi connectivity index (χ3n) is 11.2. The molecule has 6 nitrogen and oxygen atoms in total. The third-order valence-corrected chi connectivity index (χ3v) is 11.2. The minimum absolute atomic E-state index is 0. The van der Waals surface area contributed by atoms with Crippen LogP contribution in [-0.4, -0.2) is 29.7 Å². The van der Waals surface area contributed by atoms with E-state index in [0.717, 1.165) is 89.1 Å². The second-order valence-electron chi connectivity index (χ2n) is 15.1. The van der Waals surface area contributed by atoms with E-state index in [2.05, 4.69) is 194 Å². The van der Waals surface area contributed by atoms with Crippen LogP contribution in [-0.2, 0) is 20.4 Å². The van der Waals surface area contributed by atoms with Gasteiger partial charge in [0.15, 0.2) is 0 Å². The summed E-state index contributed by atoms with van der Waals surface area (Å²) < 4.78 is 13.1. The van der Waals surface area contributed by atoms with E-state index >= 15 is 0 Å². The van der Waals surface area contributed by atoms with Crippen molar-refractivity contribution in [1.29, 1.82) is 0 Å². The van der Waals surface area contributed by atoms with E-state index in [4.69, 9.17) is 9.72 Å². The van der Waals surface area contributed by atoms with Crippen molar-refractivity contribution < 1.29 is 25.2 Å². The third kappa shape index (κ3) is 6.63. The van der Waals surface area contributed by atoms with Crippen molar-refractivity contribution in [3.8, 4) is 39.6 Å². The molecule has 61 heavy (non-hydrogen) atoms. The van der Waals surface area contributed by atoms with E-state index in [9.17, 15) is 0 Å². The molecule has 0 bridgehead atoms. The minimum atomic E-state index is 0. The first-order valence-electron chi connectivity index (χ1n) is 20.0. The molecule has 0 amide bonds. The van der Waals surface area contributed by atoms with Crippen LogP contribution in [0, 0.1) is 12.1 Å². The molecule has 0 N–H and O–H groups in total. The van der Waals surface area contributed by atoms with Gasteiger partial charge in [0.2, 0.25) is 5.69 Å². The number of aromatic nitrogens is 2. The number of ether oxygens (including phenoxy) is 1. The first-order chi connectivity index (χ1) is 29.6. The molecule has 1 aliphatic rings. The molecule has 1 aliphatic heterocycles. The van der Waals surface area contributed by atoms with E-state index in [0.29, 0.717) is 11.5 Å². The average molecular weight is 878 g/mol. The molecule has 10 aromatic rings. The van der Waals surface area contributed by atoms with Gasteiger partial charge < -0.3 is 14.2 Å². The topological polar surface area (TPSA) is 36.3 Å². The Labute approximate surface area is 367 Å². The number of anilines is 1. The monoisotopic (exact) mass is 877 g/mol. The number of para-hydroxylation sites is 2. The molecule has 0 spiro atoms. The molecule has 8 aromatic carbocycles. The molecule has 11 rings (SSSR count). The van der Waals surface area contributed by atoms with E-state index < -0.39 is 0 Å². The van der Waals surface area contributed by atoms with Crippen LogP contribution in [0.25, 0.3) is 60.6 Å². The van der Waals surface area contributed by atoms with Crippen molar-refractivity contribution in [3.05, 3.63) is 200 Å². The SMILES string of the molecule is CN(C)c1ccnc(-n2c3[c-]c(Oc4[c-]c([N+]5=C=[N+](c6c(-c7ccccc7)cccc6-c6ccccc6)c6c5ccc5ccccc65)ccc4)ccc3c3ccccc32)c1.[Pd+2]. The van der Waals surface area contributed by atoms with Gasteiger partial charge in [-0.3, -0.25) is 0 Å². The predicted octanol–water partition coefficient (Wildman–Crippen LogP) is 13.0. The van der Waals surface area contributed by atoms with E-state index in [1.807, 2.05) is 44.6 Å². The fourth-order valence-electron chi connectivity index (χ4n) is 8.42. The van der Waals surface area contributed by atoms with Gasteiger partial charge in [0.25, 0.3) is 5.69 Å². The Morgan fingerprint density at radius 1 is 0.574 bits per heavy atom. The van der Waals surface area contributed by atoms with Gasteiger partial charge in [-0.2, -0.15) is 12.1 Å². The van der Waals surface area contributed by atoms with Gasteiger partial charge in [-0.1, -0.05) is 125 Å². The van der Waals surface area contributed by atoms with Crippen LogP contribution >= 0.6 is 0 Å². The molecule has 0 radical (unpaired) electrons. The zero-order valence-corrected chi connectivity index (χ0v) is 34.9. The summed E-state index contributed by atoms with van der Waals surface area (Å²) in [6, 6.07) is 74.3. The normalized spacial score (nSPS) is 11.9. The molecule has 7 heteroatoms. The molecular formula is C54H37N5OPd+2. The quantitative estimate of drug-likeness (QED) is 0.0867. The van der Waals surface area contributed by atoms with Gasteiger partial charge in [0, 0.05) is 55.1 Å². The van der Waals surface area contributed by atoms with Crippen LogP contribution in [0.5, 0.6) is 11.5 Å². The van der Waals surface area contributed by atoms with Gasteiger partial charge in [-0.25, -0.2) is 4.98 Å². The Bertz CT molecular complexity index is 3310. The van der Waals surface area contributed by atoms with Gasteiger partial charge in [-0.15, -0.1) is 23.6 Å². The van der Waals surface area contributed by atoms with Crippen LogP contribution in [0.3, 0.4) is 0 Å². The number of benzene rings is 8. The molecule has 292 valence electrons. The van der Waals surface area contributed by atoms with Gasteiger partial charge in [0.1, 0.15) is 11.5 Å². The molecule has 0 saturated heterocycles. The summed E-state index contributed by atoms with van der Waals surface area (Å²) in [6.07, 6.45) is 1.85. The van der Waals surface area contributed by atoms with E-state index in [1.54, 1.807) is 0 Å². The summed E-state index contributed by atoms with van der Waals surface area (Å²) in [5.41, 5.74) is 11.4. The number of fused-ring (bicyclic) bond motifs is 6. The molecule has 0 atom stereocenters. The van der Waals surface area contributed by atoms with Crippen LogP contribution in [0.1, 0.15) is 0 Å². The maximum atomic E-state index is 6.64. The molecule has 3 heterocycles. The molecule has 0 fully saturated rings. The summed E-state index contributed by atoms with van der Waals surface area (Å²) in [5, 5.41) is 4.48. The fourth-order valence-corrected chi connectivity index (χ4v) is 8.42. The molecule has 0 unspecified atom stereocenters. The maximum absolute atomic E-state index is 6.64. The molecular weight excluding hydrogens is 841 g/mol. The molecule has 0 aliphatic carbocycles. The smallest absolute Gasteiger partial charge is 0.509 e. The molecule has 2 aromatic heterocycles. The number of nitrogens with zero attached hydrogens (tertiary/aromatic N) is 5. The molecule has 0 saturated carbocycles. The Morgan fingerprint density at radius 3 is 2.00 bits per heavy atom. The first kappa shape index (κ1) is 37.9. The van der Waals surface area contributed by atoms with E-state index in [1.165, 1.54) is 0 Å². The first-order valence-corrected chi connectivity index (χ1v) is 20.0. The minimum Gasteiger partial charge on any atom is -0.509 e. The number of hydrogen-bond donors (Lipinski definition) is 0. The average Bonchev–Trinajstić information content (AvgIpc) is 3.86. The summed E-state index contributed by atoms with van der Waals surface area (Å²) in [4.78, 5) is 6.88. The summed E-state index contributed by atoms with van der Waals surface area (Å²) in [7, 11) is 4.07. The predicted molar refractivity (Wildman–Crippen MR) is 246 cm³/mol. The maximum Gasteiger partial charge on any atom is 2.00 e. The van der Waals surface area contributed by atoms with Crippen LogP contribution in [0.2, 0.25) is 0 Å². The largest absolute Gasteiger partial charge is 2.00 e. The second-order valence-corrected chi connectivity index (χ2v) is 15.1. The summed E-state index contributed by atoms with van der Waals surface area (Å²) in [6.45, 7) is 0. The zero-order valence-electron chi connectivity index (χ0n) is 33.4. The zero-order chi connectivity index (χ0) is 40.2. The summed E-state index contributed by atoms with van der Waals surface area (Å²) >= 11 is 0. The summed E-state index contributed by atoms with van der Waals surface area (Å²) in [5.74, 6) is 1.96. The van der Waals surface area contributed by atoms with Crippen molar-refractivity contribution in [2.24, 2.45) is 0 Å². The number of rotatable bonds is 8. The van der Waals surface area contributed by atoms with Gasteiger partial charge in [0.05, 0.1) is 16.5 Å². The van der Waals surface area contributed by atoms with Crippen molar-refractivity contribution in [1.82, 2.24) is 18.7 Å². The fraction of sp³-hybridized carbons (Fsp3) is 0.0370. The Kier molecular flexibility index (Phi) is 9.72. The van der Waals surface area contributed by atoms with Crippen molar-refractivity contribution in [2.45, 2.75) is 0 Å². The second kappa shape index (κ2) is 15.7. The van der Waals surface area contributed by atoms with Gasteiger partial charge in [-0.05, 0) is 62.9 Å². The van der Waals surface area contributed by atoms with Crippen LogP contribution < -0.4 is 18.8 Å². The van der Waals surface area contributed by atoms with Gasteiger partial charge >= 0.3 is 32.1 Å². The van der Waals surface area contributed by atoms with Crippen LogP contribution in [0.15, 0.2) is 188 Å². The van der Waals surface area contributed by atoms with Crippen LogP contribution in [0.4, 0.5) is 28.4 Å².